The lowest BCUT2D eigenvalue weighted by atomic mass is 9.84. The molecule has 0 fully saturated rings. The van der Waals surface area contributed by atoms with Crippen LogP contribution in [0.4, 0.5) is 0 Å². The Balaban J connectivity index is 1.32. The van der Waals surface area contributed by atoms with E-state index in [-0.39, 0.29) is 23.6 Å². The molecule has 0 radical (unpaired) electrons. The lowest BCUT2D eigenvalue weighted by Crippen LogP contribution is -2.08. The number of aromatic hydroxyl groups is 2. The van der Waals surface area contributed by atoms with Crippen molar-refractivity contribution in [3.63, 3.8) is 0 Å². The summed E-state index contributed by atoms with van der Waals surface area (Å²) in [6, 6.07) is 31.5. The number of hydrogen-bond acceptors (Lipinski definition) is 6. The van der Waals surface area contributed by atoms with E-state index in [1.807, 2.05) is 103 Å². The van der Waals surface area contributed by atoms with E-state index in [4.69, 9.17) is 19.5 Å². The van der Waals surface area contributed by atoms with Gasteiger partial charge in [-0.1, -0.05) is 97.1 Å². The lowest BCUT2D eigenvalue weighted by molar-refractivity contribution is 0.318. The maximum Gasteiger partial charge on any atom is 0.220 e. The zero-order valence-corrected chi connectivity index (χ0v) is 24.0. The van der Waals surface area contributed by atoms with Crippen LogP contribution in [0.25, 0.3) is 28.0 Å². The molecule has 0 spiro atoms. The maximum absolute atomic E-state index is 12.1. The Kier molecular flexibility index (Phi) is 6.41. The largest absolute Gasteiger partial charge is 0.506 e. The molecule has 216 valence electrons. The van der Waals surface area contributed by atoms with Crippen LogP contribution in [0.15, 0.2) is 113 Å². The van der Waals surface area contributed by atoms with Crippen molar-refractivity contribution in [2.24, 2.45) is 9.98 Å². The number of aryl methyl sites for hydroxylation is 1. The number of benzene rings is 5. The molecule has 0 amide bonds. The molecule has 2 aliphatic heterocycles. The number of phenols is 2. The lowest BCUT2D eigenvalue weighted by Gasteiger charge is -2.22. The molecular formula is C38H30N2O4. The molecule has 0 unspecified atom stereocenters. The number of allylic oxidation sites excluding steroid dienone is 1. The summed E-state index contributed by atoms with van der Waals surface area (Å²) in [5.41, 5.74) is 6.17. The highest BCUT2D eigenvalue weighted by atomic mass is 16.5. The van der Waals surface area contributed by atoms with Crippen molar-refractivity contribution in [2.45, 2.75) is 24.9 Å². The van der Waals surface area contributed by atoms with E-state index in [0.717, 1.165) is 45.9 Å². The van der Waals surface area contributed by atoms with Crippen molar-refractivity contribution in [1.29, 1.82) is 0 Å². The molecule has 44 heavy (non-hydrogen) atoms. The number of ether oxygens (including phenoxy) is 2. The van der Waals surface area contributed by atoms with Crippen molar-refractivity contribution in [2.75, 3.05) is 13.2 Å². The summed E-state index contributed by atoms with van der Waals surface area (Å²) in [6.07, 6.45) is 5.83. The summed E-state index contributed by atoms with van der Waals surface area (Å²) in [5.74, 6) is 0.833. The highest BCUT2D eigenvalue weighted by Crippen LogP contribution is 2.49. The monoisotopic (exact) mass is 578 g/mol. The quantitative estimate of drug-likeness (QED) is 0.222. The van der Waals surface area contributed by atoms with Crippen LogP contribution < -0.4 is 0 Å². The van der Waals surface area contributed by atoms with Gasteiger partial charge >= 0.3 is 0 Å². The predicted molar refractivity (Wildman–Crippen MR) is 173 cm³/mol. The minimum absolute atomic E-state index is 0.0150. The predicted octanol–water partition coefficient (Wildman–Crippen LogP) is 7.91. The second-order valence-electron chi connectivity index (χ2n) is 11.4. The highest BCUT2D eigenvalue weighted by molar-refractivity contribution is 6.12. The fourth-order valence-corrected chi connectivity index (χ4v) is 6.48. The molecule has 2 heterocycles. The van der Waals surface area contributed by atoms with Crippen LogP contribution in [0.3, 0.4) is 0 Å². The van der Waals surface area contributed by atoms with Gasteiger partial charge in [-0.3, -0.25) is 0 Å². The van der Waals surface area contributed by atoms with Crippen molar-refractivity contribution in [3.8, 4) is 22.6 Å². The fraction of sp³-hybridized carbons (Fsp3) is 0.158. The number of nitrogens with zero attached hydrogens (tertiary/aromatic N) is 2. The third-order valence-electron chi connectivity index (χ3n) is 8.69. The zero-order valence-electron chi connectivity index (χ0n) is 24.0. The Morgan fingerprint density at radius 2 is 1.20 bits per heavy atom. The third-order valence-corrected chi connectivity index (χ3v) is 8.69. The van der Waals surface area contributed by atoms with Gasteiger partial charge in [0.15, 0.2) is 0 Å². The molecule has 6 nitrogen and oxygen atoms in total. The van der Waals surface area contributed by atoms with E-state index in [0.29, 0.717) is 47.3 Å². The van der Waals surface area contributed by atoms with Crippen LogP contribution in [0.1, 0.15) is 51.9 Å². The van der Waals surface area contributed by atoms with Gasteiger partial charge in [0.2, 0.25) is 11.8 Å². The first-order valence-electron chi connectivity index (χ1n) is 15.0. The van der Waals surface area contributed by atoms with Crippen LogP contribution in [0.5, 0.6) is 11.5 Å². The standard InChI is InChI=1S/C38H30N2O4/c41-35-29(37-39-31(21-43-37)23-11-3-1-4-12-23)19-25-15-7-9-17-27(25)33(35)34-28-18-10-8-16-26(28)20-30(36(34)42)38-40-32(22-44-38)24-13-5-2-6-14-24/h1-7,9-15,17-20,31-32,41-42H,8,16,21-22H2/t31-,32-/m0/s1. The topological polar surface area (TPSA) is 83.6 Å². The SMILES string of the molecule is Oc1c(C2=N[C@H](c3ccccc3)CO2)cc2c(c1-c1c(O)c(C3=N[C@H](c4ccccc4)CO3)cc3ccccc13)C=CCC2. The van der Waals surface area contributed by atoms with Gasteiger partial charge in [0.05, 0.1) is 11.1 Å². The van der Waals surface area contributed by atoms with Crippen molar-refractivity contribution in [3.05, 3.63) is 137 Å². The van der Waals surface area contributed by atoms with Crippen LogP contribution in [-0.4, -0.2) is 35.2 Å². The van der Waals surface area contributed by atoms with E-state index in [1.165, 1.54) is 0 Å². The van der Waals surface area contributed by atoms with Crippen molar-refractivity contribution >= 4 is 28.6 Å². The molecular weight excluding hydrogens is 548 g/mol. The number of fused-ring (bicyclic) bond motifs is 2. The summed E-state index contributed by atoms with van der Waals surface area (Å²) >= 11 is 0. The Morgan fingerprint density at radius 3 is 1.86 bits per heavy atom. The summed E-state index contributed by atoms with van der Waals surface area (Å²) < 4.78 is 12.2. The molecule has 6 heteroatoms. The normalized spacial score (nSPS) is 18.8. The molecule has 0 saturated carbocycles. The fourth-order valence-electron chi connectivity index (χ4n) is 6.48. The van der Waals surface area contributed by atoms with E-state index < -0.39 is 0 Å². The Hall–Kier alpha value is -5.36. The molecule has 2 N–H and O–H groups in total. The number of hydrogen-bond donors (Lipinski definition) is 2. The maximum atomic E-state index is 12.1. The van der Waals surface area contributed by atoms with Crippen molar-refractivity contribution in [1.82, 2.24) is 0 Å². The van der Waals surface area contributed by atoms with E-state index in [9.17, 15) is 10.2 Å². The second-order valence-corrected chi connectivity index (χ2v) is 11.4. The van der Waals surface area contributed by atoms with Gasteiger partial charge in [0.1, 0.15) is 36.8 Å². The van der Waals surface area contributed by atoms with Gasteiger partial charge < -0.3 is 19.7 Å². The summed E-state index contributed by atoms with van der Waals surface area (Å²) in [7, 11) is 0. The second kappa shape index (κ2) is 10.7. The Bertz CT molecular complexity index is 2000. The molecule has 8 rings (SSSR count). The first kappa shape index (κ1) is 26.3. The number of phenolic OH excluding ortho intramolecular Hbond substituents is 2. The van der Waals surface area contributed by atoms with Gasteiger partial charge in [-0.25, -0.2) is 9.98 Å². The van der Waals surface area contributed by atoms with Crippen LogP contribution in [0.2, 0.25) is 0 Å². The van der Waals surface area contributed by atoms with Gasteiger partial charge in [-0.05, 0) is 58.0 Å². The van der Waals surface area contributed by atoms with Crippen LogP contribution in [-0.2, 0) is 15.9 Å². The average Bonchev–Trinajstić information content (AvgIpc) is 3.77. The van der Waals surface area contributed by atoms with Gasteiger partial charge in [-0.15, -0.1) is 0 Å². The highest BCUT2D eigenvalue weighted by Gasteiger charge is 2.31. The zero-order chi connectivity index (χ0) is 29.6. The Morgan fingerprint density at radius 1 is 0.636 bits per heavy atom. The molecule has 2 atom stereocenters. The smallest absolute Gasteiger partial charge is 0.220 e. The molecule has 5 aromatic rings. The van der Waals surface area contributed by atoms with Crippen LogP contribution >= 0.6 is 0 Å². The van der Waals surface area contributed by atoms with E-state index in [2.05, 4.69) is 6.08 Å². The average molecular weight is 579 g/mol. The minimum Gasteiger partial charge on any atom is -0.506 e. The van der Waals surface area contributed by atoms with Crippen molar-refractivity contribution < 1.29 is 19.7 Å². The molecule has 3 aliphatic rings. The number of aliphatic imine (C=N–C) groups is 2. The molecule has 0 aromatic heterocycles. The molecule has 5 aromatic carbocycles. The first-order valence-corrected chi connectivity index (χ1v) is 15.0. The third kappa shape index (κ3) is 4.42. The van der Waals surface area contributed by atoms with Gasteiger partial charge in [0.25, 0.3) is 0 Å². The van der Waals surface area contributed by atoms with Gasteiger partial charge in [-0.2, -0.15) is 0 Å². The number of rotatable bonds is 5. The summed E-state index contributed by atoms with van der Waals surface area (Å²) in [4.78, 5) is 9.77. The summed E-state index contributed by atoms with van der Waals surface area (Å²) in [6.45, 7) is 0.786. The molecule has 1 aliphatic carbocycles. The Labute approximate surface area is 255 Å². The first-order chi connectivity index (χ1) is 21.7. The van der Waals surface area contributed by atoms with E-state index in [1.54, 1.807) is 0 Å². The summed E-state index contributed by atoms with van der Waals surface area (Å²) in [5, 5.41) is 25.9. The minimum atomic E-state index is -0.164. The molecule has 0 bridgehead atoms. The van der Waals surface area contributed by atoms with Gasteiger partial charge in [0, 0.05) is 11.1 Å². The van der Waals surface area contributed by atoms with Crippen LogP contribution in [0, 0.1) is 0 Å². The van der Waals surface area contributed by atoms with E-state index >= 15 is 0 Å². The molecule has 0 saturated heterocycles.